The van der Waals surface area contributed by atoms with Crippen LogP contribution >= 0.6 is 0 Å². The maximum absolute atomic E-state index is 5.22. The third-order valence-corrected chi connectivity index (χ3v) is 2.49. The molecule has 0 aliphatic rings. The van der Waals surface area contributed by atoms with Gasteiger partial charge in [-0.2, -0.15) is 4.98 Å². The molecule has 0 fully saturated rings. The van der Waals surface area contributed by atoms with Crippen LogP contribution in [0.4, 0.5) is 5.95 Å². The molecule has 3 rings (SSSR count). The molecule has 17 heavy (non-hydrogen) atoms. The van der Waals surface area contributed by atoms with E-state index in [1.165, 1.54) is 5.56 Å². The van der Waals surface area contributed by atoms with Crippen LogP contribution in [-0.2, 0) is 6.54 Å². The number of hydrogen-bond acceptors (Lipinski definition) is 4. The van der Waals surface area contributed by atoms with Crippen molar-refractivity contribution in [2.75, 3.05) is 5.32 Å². The fourth-order valence-corrected chi connectivity index (χ4v) is 1.64. The standard InChI is InChI=1S/C12H12N4O/c1-9-4-5-16-11(7-9)14-12(15-16)13-8-10-3-2-6-17-10/h2-7H,8H2,1H3,(H,13,15). The highest BCUT2D eigenvalue weighted by molar-refractivity contribution is 5.45. The highest BCUT2D eigenvalue weighted by Crippen LogP contribution is 2.09. The van der Waals surface area contributed by atoms with Crippen LogP contribution in [0.5, 0.6) is 0 Å². The van der Waals surface area contributed by atoms with E-state index in [2.05, 4.69) is 15.4 Å². The van der Waals surface area contributed by atoms with Crippen molar-refractivity contribution in [3.8, 4) is 0 Å². The van der Waals surface area contributed by atoms with Crippen LogP contribution in [-0.4, -0.2) is 14.6 Å². The lowest BCUT2D eigenvalue weighted by Crippen LogP contribution is -1.99. The van der Waals surface area contributed by atoms with E-state index in [0.717, 1.165) is 11.4 Å². The van der Waals surface area contributed by atoms with Gasteiger partial charge in [-0.15, -0.1) is 5.10 Å². The van der Waals surface area contributed by atoms with Crippen molar-refractivity contribution < 1.29 is 4.42 Å². The fraction of sp³-hybridized carbons (Fsp3) is 0.167. The van der Waals surface area contributed by atoms with Gasteiger partial charge in [-0.25, -0.2) is 4.52 Å². The van der Waals surface area contributed by atoms with Gasteiger partial charge in [-0.3, -0.25) is 0 Å². The van der Waals surface area contributed by atoms with Crippen molar-refractivity contribution >= 4 is 11.6 Å². The van der Waals surface area contributed by atoms with Crippen LogP contribution in [0.1, 0.15) is 11.3 Å². The van der Waals surface area contributed by atoms with E-state index in [4.69, 9.17) is 4.42 Å². The number of furan rings is 1. The molecule has 0 aliphatic heterocycles. The van der Waals surface area contributed by atoms with Crippen LogP contribution in [0.3, 0.4) is 0 Å². The predicted octanol–water partition coefficient (Wildman–Crippen LogP) is 2.24. The first-order chi connectivity index (χ1) is 8.31. The molecule has 0 atom stereocenters. The van der Waals surface area contributed by atoms with Gasteiger partial charge in [0.25, 0.3) is 0 Å². The zero-order valence-corrected chi connectivity index (χ0v) is 9.42. The quantitative estimate of drug-likeness (QED) is 0.747. The van der Waals surface area contributed by atoms with Crippen LogP contribution in [0, 0.1) is 6.92 Å². The largest absolute Gasteiger partial charge is 0.467 e. The highest BCUT2D eigenvalue weighted by atomic mass is 16.3. The minimum absolute atomic E-state index is 0.586. The summed E-state index contributed by atoms with van der Waals surface area (Å²) in [6, 6.07) is 7.76. The average molecular weight is 228 g/mol. The molecule has 0 saturated carbocycles. The van der Waals surface area contributed by atoms with Gasteiger partial charge >= 0.3 is 0 Å². The highest BCUT2D eigenvalue weighted by Gasteiger charge is 2.03. The van der Waals surface area contributed by atoms with Gasteiger partial charge in [0, 0.05) is 6.20 Å². The van der Waals surface area contributed by atoms with Crippen LogP contribution in [0.25, 0.3) is 5.65 Å². The molecule has 0 unspecified atom stereocenters. The molecule has 1 N–H and O–H groups in total. The van der Waals surface area contributed by atoms with Crippen molar-refractivity contribution in [1.29, 1.82) is 0 Å². The Morgan fingerprint density at radius 1 is 1.41 bits per heavy atom. The minimum Gasteiger partial charge on any atom is -0.467 e. The Hall–Kier alpha value is -2.30. The monoisotopic (exact) mass is 228 g/mol. The summed E-state index contributed by atoms with van der Waals surface area (Å²) in [4.78, 5) is 4.37. The Morgan fingerprint density at radius 3 is 3.18 bits per heavy atom. The Morgan fingerprint density at radius 2 is 2.35 bits per heavy atom. The molecule has 0 bridgehead atoms. The van der Waals surface area contributed by atoms with E-state index in [1.54, 1.807) is 10.8 Å². The molecule has 0 radical (unpaired) electrons. The van der Waals surface area contributed by atoms with Crippen molar-refractivity contribution in [3.63, 3.8) is 0 Å². The molecule has 0 amide bonds. The van der Waals surface area contributed by atoms with E-state index < -0.39 is 0 Å². The molecular weight excluding hydrogens is 216 g/mol. The van der Waals surface area contributed by atoms with E-state index in [-0.39, 0.29) is 0 Å². The van der Waals surface area contributed by atoms with Gasteiger partial charge in [0.1, 0.15) is 5.76 Å². The second kappa shape index (κ2) is 3.93. The van der Waals surface area contributed by atoms with Crippen molar-refractivity contribution in [1.82, 2.24) is 14.6 Å². The first-order valence-electron chi connectivity index (χ1n) is 5.40. The summed E-state index contributed by atoms with van der Waals surface area (Å²) in [5.41, 5.74) is 2.01. The molecule has 3 aromatic rings. The SMILES string of the molecule is Cc1ccn2nc(NCc3ccco3)nc2c1. The van der Waals surface area contributed by atoms with Crippen LogP contribution < -0.4 is 5.32 Å². The minimum atomic E-state index is 0.586. The predicted molar refractivity (Wildman–Crippen MR) is 63.8 cm³/mol. The molecule has 0 spiro atoms. The first kappa shape index (κ1) is 9.89. The van der Waals surface area contributed by atoms with Crippen molar-refractivity contribution in [2.45, 2.75) is 13.5 Å². The molecule has 0 aliphatic carbocycles. The topological polar surface area (TPSA) is 55.4 Å². The van der Waals surface area contributed by atoms with Gasteiger partial charge in [0.05, 0.1) is 12.8 Å². The van der Waals surface area contributed by atoms with Crippen LogP contribution in [0.2, 0.25) is 0 Å². The van der Waals surface area contributed by atoms with E-state index in [1.807, 2.05) is 37.4 Å². The molecule has 3 aromatic heterocycles. The molecule has 5 nitrogen and oxygen atoms in total. The fourth-order valence-electron chi connectivity index (χ4n) is 1.64. The lowest BCUT2D eigenvalue weighted by atomic mass is 10.3. The number of fused-ring (bicyclic) bond motifs is 1. The molecule has 86 valence electrons. The summed E-state index contributed by atoms with van der Waals surface area (Å²) in [5.74, 6) is 1.46. The van der Waals surface area contributed by atoms with Crippen molar-refractivity contribution in [2.24, 2.45) is 0 Å². The first-order valence-corrected chi connectivity index (χ1v) is 5.40. The lowest BCUT2D eigenvalue weighted by molar-refractivity contribution is 0.517. The summed E-state index contributed by atoms with van der Waals surface area (Å²) in [7, 11) is 0. The van der Waals surface area contributed by atoms with Gasteiger partial charge < -0.3 is 9.73 Å². The number of nitrogens with one attached hydrogen (secondary N) is 1. The summed E-state index contributed by atoms with van der Waals surface area (Å²) in [5, 5.41) is 7.43. The number of anilines is 1. The number of hydrogen-bond donors (Lipinski definition) is 1. The second-order valence-electron chi connectivity index (χ2n) is 3.88. The zero-order valence-electron chi connectivity index (χ0n) is 9.42. The second-order valence-corrected chi connectivity index (χ2v) is 3.88. The number of aromatic nitrogens is 3. The molecule has 3 heterocycles. The Labute approximate surface area is 98.1 Å². The third-order valence-electron chi connectivity index (χ3n) is 2.49. The number of aryl methyl sites for hydroxylation is 1. The Balaban J connectivity index is 1.81. The molecule has 0 aromatic carbocycles. The van der Waals surface area contributed by atoms with Crippen LogP contribution in [0.15, 0.2) is 41.1 Å². The molecular formula is C12H12N4O. The summed E-state index contributed by atoms with van der Waals surface area (Å²) >= 11 is 0. The molecule has 5 heteroatoms. The zero-order chi connectivity index (χ0) is 11.7. The van der Waals surface area contributed by atoms with Gasteiger partial charge in [-0.1, -0.05) is 0 Å². The Bertz CT molecular complexity index is 627. The normalized spacial score (nSPS) is 10.9. The number of rotatable bonds is 3. The maximum Gasteiger partial charge on any atom is 0.243 e. The summed E-state index contributed by atoms with van der Waals surface area (Å²) in [6.07, 6.45) is 3.55. The number of pyridine rings is 1. The van der Waals surface area contributed by atoms with Gasteiger partial charge in [0.15, 0.2) is 5.65 Å². The number of nitrogens with zero attached hydrogens (tertiary/aromatic N) is 3. The van der Waals surface area contributed by atoms with E-state index >= 15 is 0 Å². The smallest absolute Gasteiger partial charge is 0.243 e. The third kappa shape index (κ3) is 1.99. The van der Waals surface area contributed by atoms with E-state index in [9.17, 15) is 0 Å². The van der Waals surface area contributed by atoms with Gasteiger partial charge in [0.2, 0.25) is 5.95 Å². The Kier molecular flexibility index (Phi) is 2.29. The van der Waals surface area contributed by atoms with Crippen molar-refractivity contribution in [3.05, 3.63) is 48.0 Å². The average Bonchev–Trinajstić information content (AvgIpc) is 2.94. The lowest BCUT2D eigenvalue weighted by Gasteiger charge is -1.96. The summed E-state index contributed by atoms with van der Waals surface area (Å²) < 4.78 is 6.97. The summed E-state index contributed by atoms with van der Waals surface area (Å²) in [6.45, 7) is 2.62. The maximum atomic E-state index is 5.22. The molecule has 0 saturated heterocycles. The van der Waals surface area contributed by atoms with Gasteiger partial charge in [-0.05, 0) is 36.8 Å². The van der Waals surface area contributed by atoms with E-state index in [0.29, 0.717) is 12.5 Å².